The van der Waals surface area contributed by atoms with E-state index < -0.39 is 6.04 Å². The van der Waals surface area contributed by atoms with Gasteiger partial charge in [0.1, 0.15) is 12.1 Å². The van der Waals surface area contributed by atoms with Gasteiger partial charge in [0.2, 0.25) is 5.91 Å². The van der Waals surface area contributed by atoms with Crippen LogP contribution in [0.3, 0.4) is 0 Å². The molecule has 1 aromatic rings. The van der Waals surface area contributed by atoms with Crippen LogP contribution in [0.25, 0.3) is 0 Å². The third-order valence-corrected chi connectivity index (χ3v) is 4.93. The van der Waals surface area contributed by atoms with Gasteiger partial charge in [-0.3, -0.25) is 9.69 Å². The Morgan fingerprint density at radius 3 is 2.78 bits per heavy atom. The van der Waals surface area contributed by atoms with Crippen molar-refractivity contribution in [3.63, 3.8) is 0 Å². The van der Waals surface area contributed by atoms with Gasteiger partial charge in [-0.05, 0) is 38.2 Å². The van der Waals surface area contributed by atoms with Gasteiger partial charge in [0.05, 0.1) is 12.1 Å². The predicted molar refractivity (Wildman–Crippen MR) is 86.8 cm³/mol. The first-order valence-corrected chi connectivity index (χ1v) is 8.46. The Balaban J connectivity index is 1.70. The molecule has 4 atom stereocenters. The number of piperidine rings is 1. The zero-order valence-corrected chi connectivity index (χ0v) is 13.7. The number of fused-ring (bicyclic) bond motifs is 1. The van der Waals surface area contributed by atoms with Crippen molar-refractivity contribution in [3.8, 4) is 0 Å². The molecule has 0 bridgehead atoms. The molecule has 5 nitrogen and oxygen atoms in total. The number of nitrogens with zero attached hydrogens (tertiary/aromatic N) is 1. The number of nitrogens with one attached hydrogen (secondary N) is 1. The molecule has 0 radical (unpaired) electrons. The van der Waals surface area contributed by atoms with Gasteiger partial charge in [0.25, 0.3) is 0 Å². The summed E-state index contributed by atoms with van der Waals surface area (Å²) in [5.41, 5.74) is 1.06. The molecule has 124 valence electrons. The second-order valence-electron chi connectivity index (χ2n) is 6.39. The van der Waals surface area contributed by atoms with Crippen LogP contribution in [0.5, 0.6) is 0 Å². The lowest BCUT2D eigenvalue weighted by Gasteiger charge is -2.36. The molecule has 0 saturated carbocycles. The first-order chi connectivity index (χ1) is 11.1. The minimum absolute atomic E-state index is 0.0454. The highest BCUT2D eigenvalue weighted by Crippen LogP contribution is 2.33. The van der Waals surface area contributed by atoms with E-state index in [0.29, 0.717) is 6.42 Å². The van der Waals surface area contributed by atoms with Crippen molar-refractivity contribution in [2.45, 2.75) is 63.8 Å². The Morgan fingerprint density at radius 2 is 2.09 bits per heavy atom. The molecule has 0 aromatic heterocycles. The Kier molecular flexibility index (Phi) is 4.55. The zero-order valence-electron chi connectivity index (χ0n) is 13.7. The van der Waals surface area contributed by atoms with E-state index in [0.717, 1.165) is 24.8 Å². The van der Waals surface area contributed by atoms with Crippen LogP contribution in [-0.4, -0.2) is 35.1 Å². The van der Waals surface area contributed by atoms with Crippen molar-refractivity contribution in [2.75, 3.05) is 0 Å². The summed E-state index contributed by atoms with van der Waals surface area (Å²) in [6.45, 7) is 3.98. The van der Waals surface area contributed by atoms with E-state index in [1.165, 1.54) is 0 Å². The van der Waals surface area contributed by atoms with Crippen molar-refractivity contribution in [2.24, 2.45) is 0 Å². The number of rotatable bonds is 4. The molecule has 0 unspecified atom stereocenters. The topological polar surface area (TPSA) is 58.6 Å². The Morgan fingerprint density at radius 1 is 1.35 bits per heavy atom. The van der Waals surface area contributed by atoms with Gasteiger partial charge in [-0.1, -0.05) is 37.3 Å². The fourth-order valence-electron chi connectivity index (χ4n) is 3.67. The molecule has 2 aliphatic heterocycles. The van der Waals surface area contributed by atoms with E-state index in [-0.39, 0.29) is 30.2 Å². The maximum atomic E-state index is 12.7. The average Bonchev–Trinajstić information content (AvgIpc) is 2.92. The van der Waals surface area contributed by atoms with Crippen LogP contribution in [0, 0.1) is 0 Å². The van der Waals surface area contributed by atoms with Gasteiger partial charge in [0, 0.05) is 0 Å². The molecule has 0 spiro atoms. The average molecular weight is 316 g/mol. The second kappa shape index (κ2) is 6.60. The van der Waals surface area contributed by atoms with Crippen LogP contribution in [0.15, 0.2) is 30.3 Å². The summed E-state index contributed by atoms with van der Waals surface area (Å²) in [6, 6.07) is 9.40. The summed E-state index contributed by atoms with van der Waals surface area (Å²) >= 11 is 0. The smallest absolute Gasteiger partial charge is 0.411 e. The Hall–Kier alpha value is -2.04. The van der Waals surface area contributed by atoms with Gasteiger partial charge < -0.3 is 10.1 Å². The summed E-state index contributed by atoms with van der Waals surface area (Å²) in [7, 11) is 0. The minimum Gasteiger partial charge on any atom is -0.444 e. The number of hydrogen-bond donors (Lipinski definition) is 1. The molecule has 2 aliphatic rings. The van der Waals surface area contributed by atoms with Gasteiger partial charge in [-0.2, -0.15) is 0 Å². The highest BCUT2D eigenvalue weighted by molar-refractivity contribution is 5.87. The highest BCUT2D eigenvalue weighted by atomic mass is 16.6. The highest BCUT2D eigenvalue weighted by Gasteiger charge is 2.48. The predicted octanol–water partition coefficient (Wildman–Crippen LogP) is 3.02. The largest absolute Gasteiger partial charge is 0.444 e. The van der Waals surface area contributed by atoms with Crippen molar-refractivity contribution in [1.82, 2.24) is 10.2 Å². The Bertz CT molecular complexity index is 575. The SMILES string of the molecule is CC[C@@H]1OC(=O)N2[C@@H](C(=O)N[C@H](C)c3ccccc3)CCC[C@@H]12. The van der Waals surface area contributed by atoms with Crippen LogP contribution < -0.4 is 5.32 Å². The summed E-state index contributed by atoms with van der Waals surface area (Å²) < 4.78 is 5.43. The minimum atomic E-state index is -0.413. The van der Waals surface area contributed by atoms with E-state index in [1.54, 1.807) is 4.90 Å². The quantitative estimate of drug-likeness (QED) is 0.929. The van der Waals surface area contributed by atoms with Gasteiger partial charge in [-0.15, -0.1) is 0 Å². The van der Waals surface area contributed by atoms with Crippen molar-refractivity contribution in [3.05, 3.63) is 35.9 Å². The lowest BCUT2D eigenvalue weighted by atomic mass is 9.92. The van der Waals surface area contributed by atoms with Gasteiger partial charge >= 0.3 is 6.09 Å². The van der Waals surface area contributed by atoms with Crippen LogP contribution in [-0.2, 0) is 9.53 Å². The van der Waals surface area contributed by atoms with Gasteiger partial charge in [-0.25, -0.2) is 4.79 Å². The number of benzene rings is 1. The third kappa shape index (κ3) is 3.05. The third-order valence-electron chi connectivity index (χ3n) is 4.93. The summed E-state index contributed by atoms with van der Waals surface area (Å²) in [5.74, 6) is -0.0836. The van der Waals surface area contributed by atoms with Crippen LogP contribution in [0.1, 0.15) is 51.1 Å². The summed E-state index contributed by atoms with van der Waals surface area (Å²) in [5, 5.41) is 3.04. The van der Waals surface area contributed by atoms with Crippen molar-refractivity contribution >= 4 is 12.0 Å². The lowest BCUT2D eigenvalue weighted by Crippen LogP contribution is -2.54. The van der Waals surface area contributed by atoms with E-state index in [1.807, 2.05) is 44.2 Å². The van der Waals surface area contributed by atoms with Crippen molar-refractivity contribution in [1.29, 1.82) is 0 Å². The molecule has 2 fully saturated rings. The molecule has 5 heteroatoms. The van der Waals surface area contributed by atoms with Crippen molar-refractivity contribution < 1.29 is 14.3 Å². The summed E-state index contributed by atoms with van der Waals surface area (Å²) in [4.78, 5) is 26.5. The standard InChI is InChI=1S/C18H24N2O3/c1-3-16-14-10-7-11-15(20(14)18(22)23-16)17(21)19-12(2)13-8-5-4-6-9-13/h4-6,8-9,12,14-16H,3,7,10-11H2,1-2H3,(H,19,21)/t12-,14+,15-,16+/m1/s1. The Labute approximate surface area is 137 Å². The number of cyclic esters (lactones) is 1. The molecule has 2 saturated heterocycles. The second-order valence-corrected chi connectivity index (χ2v) is 6.39. The molecule has 1 aromatic carbocycles. The number of carbonyl (C=O) groups excluding carboxylic acids is 2. The zero-order chi connectivity index (χ0) is 16.4. The van der Waals surface area contributed by atoms with E-state index >= 15 is 0 Å². The van der Waals surface area contributed by atoms with E-state index in [9.17, 15) is 9.59 Å². The van der Waals surface area contributed by atoms with Gasteiger partial charge in [0.15, 0.2) is 0 Å². The van der Waals surface area contributed by atoms with E-state index in [4.69, 9.17) is 4.74 Å². The number of ether oxygens (including phenoxy) is 1. The number of amides is 2. The molecular formula is C18H24N2O3. The molecule has 1 N–H and O–H groups in total. The fraction of sp³-hybridized carbons (Fsp3) is 0.556. The monoisotopic (exact) mass is 316 g/mol. The molecule has 3 rings (SSSR count). The lowest BCUT2D eigenvalue weighted by molar-refractivity contribution is -0.127. The van der Waals surface area contributed by atoms with E-state index in [2.05, 4.69) is 5.32 Å². The maximum Gasteiger partial charge on any atom is 0.411 e. The first-order valence-electron chi connectivity index (χ1n) is 8.46. The first kappa shape index (κ1) is 15.8. The molecule has 2 amide bonds. The normalized spacial score (nSPS) is 28.0. The number of carbonyl (C=O) groups is 2. The maximum absolute atomic E-state index is 12.7. The number of hydrogen-bond acceptors (Lipinski definition) is 3. The van der Waals surface area contributed by atoms with Crippen LogP contribution in [0.2, 0.25) is 0 Å². The molecule has 23 heavy (non-hydrogen) atoms. The van der Waals surface area contributed by atoms with Crippen LogP contribution >= 0.6 is 0 Å². The molecule has 2 heterocycles. The fourth-order valence-corrected chi connectivity index (χ4v) is 3.67. The molecular weight excluding hydrogens is 292 g/mol. The molecule has 0 aliphatic carbocycles. The summed E-state index contributed by atoms with van der Waals surface area (Å²) in [6.07, 6.45) is 2.95. The van der Waals surface area contributed by atoms with Crippen LogP contribution in [0.4, 0.5) is 4.79 Å².